The molecule has 1 N–H and O–H groups in total. The van der Waals surface area contributed by atoms with E-state index in [1.165, 1.54) is 19.5 Å². The van der Waals surface area contributed by atoms with Gasteiger partial charge in [0.2, 0.25) is 0 Å². The highest BCUT2D eigenvalue weighted by Crippen LogP contribution is 2.10. The number of likely N-dealkylation sites (N-methyl/N-ethyl adjacent to an activating group) is 1. The normalized spacial score (nSPS) is 27.8. The van der Waals surface area contributed by atoms with E-state index in [1.807, 2.05) is 0 Å². The molecule has 0 spiro atoms. The topological polar surface area (TPSA) is 15.3 Å². The van der Waals surface area contributed by atoms with Gasteiger partial charge in [0, 0.05) is 25.7 Å². The summed E-state index contributed by atoms with van der Waals surface area (Å²) in [5.41, 5.74) is 0. The average molecular weight is 156 g/mol. The Balaban J connectivity index is 2.29. The van der Waals surface area contributed by atoms with Gasteiger partial charge in [0.15, 0.2) is 0 Å². The molecule has 1 aliphatic heterocycles. The van der Waals surface area contributed by atoms with Gasteiger partial charge in [-0.2, -0.15) is 0 Å². The molecule has 1 heterocycles. The highest BCUT2D eigenvalue weighted by atomic mass is 15.2. The molecule has 2 heteroatoms. The van der Waals surface area contributed by atoms with Gasteiger partial charge in [-0.15, -0.1) is 0 Å². The minimum Gasteiger partial charge on any atom is -0.314 e. The molecule has 1 fully saturated rings. The summed E-state index contributed by atoms with van der Waals surface area (Å²) < 4.78 is 0. The van der Waals surface area contributed by atoms with Gasteiger partial charge in [0.1, 0.15) is 0 Å². The smallest absolute Gasteiger partial charge is 0.0220 e. The molecule has 0 amide bonds. The molecule has 1 atom stereocenters. The number of piperazine rings is 1. The zero-order valence-electron chi connectivity index (χ0n) is 7.93. The fraction of sp³-hybridized carbons (Fsp3) is 1.00. The van der Waals surface area contributed by atoms with Crippen molar-refractivity contribution in [2.45, 2.75) is 26.3 Å². The maximum Gasteiger partial charge on any atom is 0.0220 e. The predicted molar refractivity (Wildman–Crippen MR) is 48.7 cm³/mol. The monoisotopic (exact) mass is 156 g/mol. The number of hydrogen-bond donors (Lipinski definition) is 1. The Kier molecular flexibility index (Phi) is 3.34. The molecule has 0 bridgehead atoms. The molecule has 0 radical (unpaired) electrons. The van der Waals surface area contributed by atoms with Crippen LogP contribution in [0, 0.1) is 5.92 Å². The predicted octanol–water partition coefficient (Wildman–Crippen LogP) is 0.936. The minimum atomic E-state index is 0.767. The summed E-state index contributed by atoms with van der Waals surface area (Å²) in [5, 5.41) is 3.43. The average Bonchev–Trinajstić information content (AvgIpc) is 1.93. The molecule has 2 nitrogen and oxygen atoms in total. The molecule has 0 aliphatic carbocycles. The van der Waals surface area contributed by atoms with Gasteiger partial charge >= 0.3 is 0 Å². The lowest BCUT2D eigenvalue weighted by atomic mass is 10.0. The summed E-state index contributed by atoms with van der Waals surface area (Å²) in [6.45, 7) is 8.13. The van der Waals surface area contributed by atoms with Gasteiger partial charge in [0.05, 0.1) is 0 Å². The SMILES string of the molecule is CC(C)C[C@@H]1CNCCN1C. The van der Waals surface area contributed by atoms with Crippen molar-refractivity contribution in [3.8, 4) is 0 Å². The quantitative estimate of drug-likeness (QED) is 0.640. The van der Waals surface area contributed by atoms with Crippen molar-refractivity contribution in [3.63, 3.8) is 0 Å². The van der Waals surface area contributed by atoms with E-state index in [4.69, 9.17) is 0 Å². The van der Waals surface area contributed by atoms with E-state index in [1.54, 1.807) is 0 Å². The number of nitrogens with one attached hydrogen (secondary N) is 1. The molecule has 0 aromatic carbocycles. The summed E-state index contributed by atoms with van der Waals surface area (Å²) >= 11 is 0. The zero-order chi connectivity index (χ0) is 8.27. The van der Waals surface area contributed by atoms with E-state index >= 15 is 0 Å². The standard InChI is InChI=1S/C9H20N2/c1-8(2)6-9-7-10-4-5-11(9)3/h8-10H,4-7H2,1-3H3/t9-/m1/s1. The molecular weight excluding hydrogens is 136 g/mol. The van der Waals surface area contributed by atoms with E-state index in [2.05, 4.69) is 31.1 Å². The van der Waals surface area contributed by atoms with Crippen LogP contribution in [0.5, 0.6) is 0 Å². The maximum absolute atomic E-state index is 3.43. The first-order chi connectivity index (χ1) is 5.20. The summed E-state index contributed by atoms with van der Waals surface area (Å²) in [5.74, 6) is 0.822. The molecule has 1 aliphatic rings. The molecule has 0 aromatic heterocycles. The van der Waals surface area contributed by atoms with Crippen LogP contribution in [-0.4, -0.2) is 37.6 Å². The molecular formula is C9H20N2. The number of rotatable bonds is 2. The summed E-state index contributed by atoms with van der Waals surface area (Å²) in [6.07, 6.45) is 1.32. The third-order valence-electron chi connectivity index (χ3n) is 2.39. The highest BCUT2D eigenvalue weighted by molar-refractivity contribution is 4.77. The lowest BCUT2D eigenvalue weighted by molar-refractivity contribution is 0.176. The Hall–Kier alpha value is -0.0800. The van der Waals surface area contributed by atoms with Crippen LogP contribution in [0.1, 0.15) is 20.3 Å². The van der Waals surface area contributed by atoms with Gasteiger partial charge < -0.3 is 10.2 Å². The van der Waals surface area contributed by atoms with Crippen molar-refractivity contribution >= 4 is 0 Å². The Morgan fingerprint density at radius 1 is 1.55 bits per heavy atom. The molecule has 0 saturated carbocycles. The van der Waals surface area contributed by atoms with E-state index in [0.717, 1.165) is 18.5 Å². The van der Waals surface area contributed by atoms with Crippen molar-refractivity contribution in [1.29, 1.82) is 0 Å². The Morgan fingerprint density at radius 2 is 2.27 bits per heavy atom. The third-order valence-corrected chi connectivity index (χ3v) is 2.39. The van der Waals surface area contributed by atoms with Crippen LogP contribution in [0.3, 0.4) is 0 Å². The van der Waals surface area contributed by atoms with Crippen molar-refractivity contribution in [1.82, 2.24) is 10.2 Å². The van der Waals surface area contributed by atoms with Crippen molar-refractivity contribution in [2.24, 2.45) is 5.92 Å². The second-order valence-electron chi connectivity index (χ2n) is 3.97. The third kappa shape index (κ3) is 2.80. The first-order valence-electron chi connectivity index (χ1n) is 4.61. The van der Waals surface area contributed by atoms with Gasteiger partial charge in [-0.05, 0) is 19.4 Å². The Bertz CT molecular complexity index is 112. The summed E-state index contributed by atoms with van der Waals surface area (Å²) in [4.78, 5) is 2.47. The fourth-order valence-corrected chi connectivity index (χ4v) is 1.67. The fourth-order valence-electron chi connectivity index (χ4n) is 1.67. The molecule has 11 heavy (non-hydrogen) atoms. The molecule has 1 rings (SSSR count). The molecule has 0 aromatic rings. The first kappa shape index (κ1) is 9.01. The Labute approximate surface area is 70.0 Å². The second-order valence-corrected chi connectivity index (χ2v) is 3.97. The lowest BCUT2D eigenvalue weighted by Gasteiger charge is -2.34. The van der Waals surface area contributed by atoms with Crippen LogP contribution < -0.4 is 5.32 Å². The van der Waals surface area contributed by atoms with E-state index in [-0.39, 0.29) is 0 Å². The molecule has 1 saturated heterocycles. The minimum absolute atomic E-state index is 0.767. The van der Waals surface area contributed by atoms with E-state index in [0.29, 0.717) is 0 Å². The van der Waals surface area contributed by atoms with Crippen LogP contribution in [0.2, 0.25) is 0 Å². The number of hydrogen-bond acceptors (Lipinski definition) is 2. The van der Waals surface area contributed by atoms with Crippen LogP contribution in [-0.2, 0) is 0 Å². The highest BCUT2D eigenvalue weighted by Gasteiger charge is 2.18. The van der Waals surface area contributed by atoms with Crippen molar-refractivity contribution in [3.05, 3.63) is 0 Å². The van der Waals surface area contributed by atoms with Crippen LogP contribution in [0.25, 0.3) is 0 Å². The van der Waals surface area contributed by atoms with Crippen LogP contribution in [0.4, 0.5) is 0 Å². The van der Waals surface area contributed by atoms with Gasteiger partial charge in [0.25, 0.3) is 0 Å². The maximum atomic E-state index is 3.43. The summed E-state index contributed by atoms with van der Waals surface area (Å²) in [6, 6.07) is 0.767. The summed E-state index contributed by atoms with van der Waals surface area (Å²) in [7, 11) is 2.23. The number of nitrogens with zero attached hydrogens (tertiary/aromatic N) is 1. The van der Waals surface area contributed by atoms with Gasteiger partial charge in [-0.1, -0.05) is 13.8 Å². The van der Waals surface area contributed by atoms with Crippen molar-refractivity contribution in [2.75, 3.05) is 26.7 Å². The van der Waals surface area contributed by atoms with Crippen molar-refractivity contribution < 1.29 is 0 Å². The largest absolute Gasteiger partial charge is 0.314 e. The Morgan fingerprint density at radius 3 is 2.82 bits per heavy atom. The lowest BCUT2D eigenvalue weighted by Crippen LogP contribution is -2.49. The van der Waals surface area contributed by atoms with Gasteiger partial charge in [-0.3, -0.25) is 0 Å². The van der Waals surface area contributed by atoms with Gasteiger partial charge in [-0.25, -0.2) is 0 Å². The second kappa shape index (κ2) is 4.07. The molecule has 0 unspecified atom stereocenters. The van der Waals surface area contributed by atoms with Crippen LogP contribution >= 0.6 is 0 Å². The zero-order valence-corrected chi connectivity index (χ0v) is 7.93. The first-order valence-corrected chi connectivity index (χ1v) is 4.61. The van der Waals surface area contributed by atoms with Crippen LogP contribution in [0.15, 0.2) is 0 Å². The van der Waals surface area contributed by atoms with E-state index < -0.39 is 0 Å². The molecule has 66 valence electrons. The van der Waals surface area contributed by atoms with E-state index in [9.17, 15) is 0 Å².